The van der Waals surface area contributed by atoms with Crippen molar-refractivity contribution in [3.63, 3.8) is 0 Å². The average molecular weight is 219 g/mol. The van der Waals surface area contributed by atoms with E-state index in [0.717, 1.165) is 5.71 Å². The third-order valence-corrected chi connectivity index (χ3v) is 5.64. The Morgan fingerprint density at radius 1 is 1.36 bits per heavy atom. The third kappa shape index (κ3) is 1.85. The molecule has 14 heavy (non-hydrogen) atoms. The van der Waals surface area contributed by atoms with Gasteiger partial charge in [0.1, 0.15) is 0 Å². The van der Waals surface area contributed by atoms with E-state index in [1.165, 1.54) is 0 Å². The van der Waals surface area contributed by atoms with E-state index in [2.05, 4.69) is 5.16 Å². The Balaban J connectivity index is 2.86. The van der Waals surface area contributed by atoms with E-state index in [-0.39, 0.29) is 5.85 Å². The number of rotatable bonds is 3. The zero-order valence-electron chi connectivity index (χ0n) is 9.39. The van der Waals surface area contributed by atoms with E-state index in [0.29, 0.717) is 6.42 Å². The molecule has 5 nitrogen and oxygen atoms in total. The lowest BCUT2D eigenvalue weighted by molar-refractivity contribution is 0.128. The minimum atomic E-state index is -2.62. The lowest BCUT2D eigenvalue weighted by Gasteiger charge is -2.33. The van der Waals surface area contributed by atoms with E-state index < -0.39 is 7.44 Å². The van der Waals surface area contributed by atoms with Gasteiger partial charge in [-0.15, -0.1) is 0 Å². The summed E-state index contributed by atoms with van der Waals surface area (Å²) in [6, 6.07) is 0. The molecule has 1 aliphatic rings. The predicted molar refractivity (Wildman–Crippen MR) is 57.6 cm³/mol. The molecular weight excluding hydrogens is 201 g/mol. The number of hydrogen-bond acceptors (Lipinski definition) is 3. The monoisotopic (exact) mass is 219 g/mol. The summed E-state index contributed by atoms with van der Waals surface area (Å²) in [5.74, 6) is -0.326. The first-order valence-electron chi connectivity index (χ1n) is 4.53. The van der Waals surface area contributed by atoms with Crippen LogP contribution in [0.2, 0.25) is 0 Å². The molecular formula is C8H18N3O2P. The molecule has 1 unspecified atom stereocenters. The minimum absolute atomic E-state index is 0.326. The molecule has 0 aromatic carbocycles. The van der Waals surface area contributed by atoms with E-state index in [1.54, 1.807) is 37.5 Å². The molecule has 6 heteroatoms. The molecule has 0 spiro atoms. The van der Waals surface area contributed by atoms with Gasteiger partial charge in [0.15, 0.2) is 0 Å². The van der Waals surface area contributed by atoms with Crippen molar-refractivity contribution in [3.8, 4) is 0 Å². The molecule has 0 aliphatic carbocycles. The van der Waals surface area contributed by atoms with Crippen molar-refractivity contribution < 1.29 is 9.40 Å². The molecule has 0 fully saturated rings. The Hall–Kier alpha value is -0.380. The molecule has 0 amide bonds. The summed E-state index contributed by atoms with van der Waals surface area (Å²) in [5, 5.41) is 3.84. The molecule has 0 aromatic rings. The fraction of sp³-hybridized carbons (Fsp3) is 0.875. The van der Waals surface area contributed by atoms with Crippen LogP contribution in [0.4, 0.5) is 0 Å². The largest absolute Gasteiger partial charge is 0.381 e. The molecule has 1 rings (SSSR count). The lowest BCUT2D eigenvalue weighted by atomic mass is 10.3. The second-order valence-electron chi connectivity index (χ2n) is 3.87. The Kier molecular flexibility index (Phi) is 3.35. The van der Waals surface area contributed by atoms with E-state index in [4.69, 9.17) is 4.84 Å². The highest BCUT2D eigenvalue weighted by Gasteiger charge is 2.42. The van der Waals surface area contributed by atoms with Gasteiger partial charge >= 0.3 is 0 Å². The van der Waals surface area contributed by atoms with Gasteiger partial charge in [-0.25, -0.2) is 9.34 Å². The van der Waals surface area contributed by atoms with Crippen molar-refractivity contribution in [2.75, 3.05) is 28.2 Å². The van der Waals surface area contributed by atoms with Crippen LogP contribution in [0.1, 0.15) is 13.3 Å². The predicted octanol–water partition coefficient (Wildman–Crippen LogP) is 1.43. The number of hydrogen-bond donors (Lipinski definition) is 0. The van der Waals surface area contributed by atoms with Gasteiger partial charge in [0, 0.05) is 6.42 Å². The topological polar surface area (TPSA) is 45.1 Å². The van der Waals surface area contributed by atoms with Crippen molar-refractivity contribution in [1.82, 2.24) is 9.34 Å². The van der Waals surface area contributed by atoms with Crippen molar-refractivity contribution in [2.45, 2.75) is 19.2 Å². The maximum absolute atomic E-state index is 12.6. The number of oxime groups is 1. The third-order valence-electron chi connectivity index (χ3n) is 2.32. The van der Waals surface area contributed by atoms with Crippen molar-refractivity contribution >= 4 is 13.2 Å². The standard InChI is InChI=1S/C8H18N3O2P/c1-7-6-8(13-9-7)14(12,10(2)3)11(4)5/h8H,6H2,1-5H3. The highest BCUT2D eigenvalue weighted by Crippen LogP contribution is 2.56. The molecule has 0 N–H and O–H groups in total. The average Bonchev–Trinajstić information content (AvgIpc) is 2.49. The van der Waals surface area contributed by atoms with Crippen LogP contribution in [0.15, 0.2) is 5.16 Å². The van der Waals surface area contributed by atoms with Crippen molar-refractivity contribution in [3.05, 3.63) is 0 Å². The lowest BCUT2D eigenvalue weighted by Crippen LogP contribution is -2.29. The van der Waals surface area contributed by atoms with Gasteiger partial charge in [-0.2, -0.15) is 0 Å². The van der Waals surface area contributed by atoms with Gasteiger partial charge in [-0.1, -0.05) is 5.16 Å². The van der Waals surface area contributed by atoms with Crippen LogP contribution >= 0.6 is 7.44 Å². The van der Waals surface area contributed by atoms with E-state index >= 15 is 0 Å². The SMILES string of the molecule is CC1=NOC(P(=O)(N(C)C)N(C)C)C1. The van der Waals surface area contributed by atoms with Crippen LogP contribution in [0, 0.1) is 0 Å². The maximum Gasteiger partial charge on any atom is 0.258 e. The first-order valence-corrected chi connectivity index (χ1v) is 6.21. The first kappa shape index (κ1) is 11.7. The summed E-state index contributed by atoms with van der Waals surface area (Å²) >= 11 is 0. The highest BCUT2D eigenvalue weighted by atomic mass is 31.2. The van der Waals surface area contributed by atoms with Gasteiger partial charge in [-0.3, -0.25) is 4.57 Å². The zero-order valence-corrected chi connectivity index (χ0v) is 10.3. The summed E-state index contributed by atoms with van der Waals surface area (Å²) in [4.78, 5) is 5.19. The molecule has 0 saturated heterocycles. The smallest absolute Gasteiger partial charge is 0.258 e. The van der Waals surface area contributed by atoms with Crippen LogP contribution < -0.4 is 0 Å². The Labute approximate surface area is 85.2 Å². The minimum Gasteiger partial charge on any atom is -0.381 e. The summed E-state index contributed by atoms with van der Waals surface area (Å²) in [5.41, 5.74) is 0.902. The van der Waals surface area contributed by atoms with Gasteiger partial charge in [-0.05, 0) is 35.1 Å². The fourth-order valence-electron chi connectivity index (χ4n) is 1.53. The summed E-state index contributed by atoms with van der Waals surface area (Å²) in [6.07, 6.45) is 0.646. The van der Waals surface area contributed by atoms with E-state index in [1.807, 2.05) is 6.92 Å². The molecule has 1 heterocycles. The second kappa shape index (κ2) is 4.01. The fourth-order valence-corrected chi connectivity index (χ4v) is 3.95. The Bertz CT molecular complexity index is 276. The number of nitrogens with zero attached hydrogens (tertiary/aromatic N) is 3. The zero-order chi connectivity index (χ0) is 10.9. The quantitative estimate of drug-likeness (QED) is 0.673. The molecule has 1 aliphatic heterocycles. The summed E-state index contributed by atoms with van der Waals surface area (Å²) in [6.45, 7) is 1.88. The Morgan fingerprint density at radius 2 is 1.86 bits per heavy atom. The van der Waals surface area contributed by atoms with Crippen LogP contribution in [-0.2, 0) is 9.40 Å². The van der Waals surface area contributed by atoms with Crippen molar-refractivity contribution in [1.29, 1.82) is 0 Å². The van der Waals surface area contributed by atoms with Gasteiger partial charge in [0.05, 0.1) is 5.71 Å². The first-order chi connectivity index (χ1) is 6.39. The molecule has 82 valence electrons. The van der Waals surface area contributed by atoms with Crippen LogP contribution in [0.5, 0.6) is 0 Å². The van der Waals surface area contributed by atoms with Crippen LogP contribution in [0.3, 0.4) is 0 Å². The highest BCUT2D eigenvalue weighted by molar-refractivity contribution is 7.59. The molecule has 1 atom stereocenters. The molecule has 0 radical (unpaired) electrons. The molecule has 0 bridgehead atoms. The van der Waals surface area contributed by atoms with Gasteiger partial charge in [0.25, 0.3) is 7.44 Å². The van der Waals surface area contributed by atoms with Crippen molar-refractivity contribution in [2.24, 2.45) is 5.16 Å². The molecule has 0 saturated carbocycles. The van der Waals surface area contributed by atoms with Gasteiger partial charge in [0.2, 0.25) is 5.85 Å². The normalized spacial score (nSPS) is 22.8. The second-order valence-corrected chi connectivity index (χ2v) is 7.23. The Morgan fingerprint density at radius 3 is 2.14 bits per heavy atom. The van der Waals surface area contributed by atoms with Gasteiger partial charge < -0.3 is 4.84 Å². The molecule has 0 aromatic heterocycles. The maximum atomic E-state index is 12.6. The van der Waals surface area contributed by atoms with Crippen LogP contribution in [0.25, 0.3) is 0 Å². The summed E-state index contributed by atoms with van der Waals surface area (Å²) in [7, 11) is 4.60. The van der Waals surface area contributed by atoms with E-state index in [9.17, 15) is 4.57 Å². The summed E-state index contributed by atoms with van der Waals surface area (Å²) < 4.78 is 16.1. The van der Waals surface area contributed by atoms with Crippen LogP contribution in [-0.4, -0.2) is 49.1 Å².